The molecule has 1 heterocycles. The largest absolute Gasteiger partial charge is 0.352 e. The van der Waals surface area contributed by atoms with Crippen molar-refractivity contribution >= 4 is 29.1 Å². The van der Waals surface area contributed by atoms with E-state index in [9.17, 15) is 4.79 Å². The van der Waals surface area contributed by atoms with Gasteiger partial charge in [-0.1, -0.05) is 50.9 Å². The molecule has 100 valence electrons. The van der Waals surface area contributed by atoms with Crippen LogP contribution in [0.4, 0.5) is 0 Å². The van der Waals surface area contributed by atoms with Gasteiger partial charge in [0.05, 0.1) is 0 Å². The molecule has 1 unspecified atom stereocenters. The van der Waals surface area contributed by atoms with Crippen molar-refractivity contribution in [3.63, 3.8) is 0 Å². The predicted octanol–water partition coefficient (Wildman–Crippen LogP) is 3.80. The minimum Gasteiger partial charge on any atom is -0.352 e. The normalized spacial score (nSPS) is 13.2. The fourth-order valence-corrected chi connectivity index (χ4v) is 1.71. The number of nitrogens with zero attached hydrogens (tertiary/aromatic N) is 1. The zero-order valence-electron chi connectivity index (χ0n) is 11.1. The number of hydrogen-bond acceptors (Lipinski definition) is 2. The van der Waals surface area contributed by atoms with Crippen molar-refractivity contribution in [2.75, 3.05) is 6.54 Å². The number of pyridine rings is 1. The fraction of sp³-hybridized carbons (Fsp3) is 0.538. The van der Waals surface area contributed by atoms with Gasteiger partial charge in [-0.15, -0.1) is 0 Å². The number of carbonyl (C=O) groups is 1. The molecule has 1 aromatic heterocycles. The highest BCUT2D eigenvalue weighted by molar-refractivity contribution is 6.33. The lowest BCUT2D eigenvalue weighted by molar-refractivity contribution is 0.0937. The molecule has 1 aromatic rings. The second-order valence-corrected chi connectivity index (χ2v) is 6.25. The topological polar surface area (TPSA) is 42.0 Å². The van der Waals surface area contributed by atoms with Crippen LogP contribution in [0, 0.1) is 11.3 Å². The Morgan fingerprint density at radius 3 is 2.28 bits per heavy atom. The molecular weight excluding hydrogens is 271 g/mol. The Morgan fingerprint density at radius 1 is 1.33 bits per heavy atom. The van der Waals surface area contributed by atoms with E-state index < -0.39 is 0 Å². The van der Waals surface area contributed by atoms with Gasteiger partial charge in [0, 0.05) is 12.1 Å². The Balaban J connectivity index is 2.66. The molecule has 1 amide bonds. The van der Waals surface area contributed by atoms with Gasteiger partial charge < -0.3 is 5.32 Å². The zero-order valence-corrected chi connectivity index (χ0v) is 12.6. The molecule has 1 atom stereocenters. The van der Waals surface area contributed by atoms with Crippen LogP contribution in [-0.4, -0.2) is 17.4 Å². The molecule has 1 N–H and O–H groups in total. The molecule has 3 nitrogen and oxygen atoms in total. The third kappa shape index (κ3) is 4.46. The standard InChI is InChI=1S/C13H18Cl2N2O/c1-8(13(2,3)4)7-16-12(18)9-5-10(14)17-11(15)6-9/h5-6,8H,7H2,1-4H3,(H,16,18). The maximum absolute atomic E-state index is 11.9. The van der Waals surface area contributed by atoms with Gasteiger partial charge in [0.15, 0.2) is 0 Å². The average Bonchev–Trinajstić information content (AvgIpc) is 2.22. The molecule has 0 saturated carbocycles. The number of rotatable bonds is 3. The first-order chi connectivity index (χ1) is 8.20. The molecule has 0 aliphatic heterocycles. The van der Waals surface area contributed by atoms with Crippen molar-refractivity contribution in [2.24, 2.45) is 11.3 Å². The monoisotopic (exact) mass is 288 g/mol. The Bertz CT molecular complexity index is 421. The highest BCUT2D eigenvalue weighted by Gasteiger charge is 2.20. The number of carbonyl (C=O) groups excluding carboxylic acids is 1. The first kappa shape index (κ1) is 15.3. The number of hydrogen-bond donors (Lipinski definition) is 1. The summed E-state index contributed by atoms with van der Waals surface area (Å²) in [5.74, 6) is 0.187. The highest BCUT2D eigenvalue weighted by Crippen LogP contribution is 2.24. The molecule has 5 heteroatoms. The highest BCUT2D eigenvalue weighted by atomic mass is 35.5. The molecule has 0 spiro atoms. The van der Waals surface area contributed by atoms with Gasteiger partial charge in [-0.3, -0.25) is 4.79 Å². The Hall–Kier alpha value is -0.800. The molecular formula is C13H18Cl2N2O. The summed E-state index contributed by atoms with van der Waals surface area (Å²) in [7, 11) is 0. The molecule has 18 heavy (non-hydrogen) atoms. The van der Waals surface area contributed by atoms with Crippen molar-refractivity contribution in [1.82, 2.24) is 10.3 Å². The van der Waals surface area contributed by atoms with E-state index in [1.807, 2.05) is 0 Å². The van der Waals surface area contributed by atoms with Gasteiger partial charge >= 0.3 is 0 Å². The molecule has 0 aliphatic carbocycles. The first-order valence-corrected chi connectivity index (χ1v) is 6.57. The van der Waals surface area contributed by atoms with Gasteiger partial charge in [0.25, 0.3) is 5.91 Å². The lowest BCUT2D eigenvalue weighted by Crippen LogP contribution is -2.33. The number of aromatic nitrogens is 1. The van der Waals surface area contributed by atoms with E-state index in [2.05, 4.69) is 38.0 Å². The van der Waals surface area contributed by atoms with E-state index in [4.69, 9.17) is 23.2 Å². The van der Waals surface area contributed by atoms with Crippen molar-refractivity contribution < 1.29 is 4.79 Å². The predicted molar refractivity (Wildman–Crippen MR) is 75.2 cm³/mol. The van der Waals surface area contributed by atoms with Crippen molar-refractivity contribution in [3.05, 3.63) is 28.0 Å². The van der Waals surface area contributed by atoms with Gasteiger partial charge in [0.1, 0.15) is 10.3 Å². The van der Waals surface area contributed by atoms with Gasteiger partial charge in [-0.05, 0) is 23.5 Å². The lowest BCUT2D eigenvalue weighted by atomic mass is 9.82. The Kier molecular flexibility index (Phi) is 5.00. The quantitative estimate of drug-likeness (QED) is 0.860. The van der Waals surface area contributed by atoms with Gasteiger partial charge in [-0.25, -0.2) is 4.98 Å². The number of nitrogens with one attached hydrogen (secondary N) is 1. The zero-order chi connectivity index (χ0) is 13.9. The Labute approximate surface area is 118 Å². The maximum atomic E-state index is 11.9. The summed E-state index contributed by atoms with van der Waals surface area (Å²) in [4.78, 5) is 15.7. The maximum Gasteiger partial charge on any atom is 0.251 e. The summed E-state index contributed by atoms with van der Waals surface area (Å²) in [6.45, 7) is 9.14. The average molecular weight is 289 g/mol. The van der Waals surface area contributed by atoms with Crippen LogP contribution in [0.25, 0.3) is 0 Å². The summed E-state index contributed by atoms with van der Waals surface area (Å²) in [5, 5.41) is 3.31. The van der Waals surface area contributed by atoms with E-state index in [0.29, 0.717) is 18.0 Å². The summed E-state index contributed by atoms with van der Waals surface area (Å²) in [5.41, 5.74) is 0.585. The minimum absolute atomic E-state index is 0.154. The SMILES string of the molecule is CC(CNC(=O)c1cc(Cl)nc(Cl)c1)C(C)(C)C. The minimum atomic E-state index is -0.183. The van der Waals surface area contributed by atoms with Crippen LogP contribution in [0.15, 0.2) is 12.1 Å². The molecule has 0 aromatic carbocycles. The van der Waals surface area contributed by atoms with E-state index in [1.54, 1.807) is 0 Å². The van der Waals surface area contributed by atoms with Crippen LogP contribution in [0.5, 0.6) is 0 Å². The van der Waals surface area contributed by atoms with Gasteiger partial charge in [0.2, 0.25) is 0 Å². The summed E-state index contributed by atoms with van der Waals surface area (Å²) >= 11 is 11.5. The summed E-state index contributed by atoms with van der Waals surface area (Å²) in [6.07, 6.45) is 0. The summed E-state index contributed by atoms with van der Waals surface area (Å²) in [6, 6.07) is 3.01. The second-order valence-electron chi connectivity index (χ2n) is 5.48. The lowest BCUT2D eigenvalue weighted by Gasteiger charge is -2.27. The van der Waals surface area contributed by atoms with Gasteiger partial charge in [-0.2, -0.15) is 0 Å². The molecule has 0 fully saturated rings. The molecule has 0 saturated heterocycles. The molecule has 1 rings (SSSR count). The number of amides is 1. The van der Waals surface area contributed by atoms with Crippen molar-refractivity contribution in [3.8, 4) is 0 Å². The van der Waals surface area contributed by atoms with Crippen molar-refractivity contribution in [2.45, 2.75) is 27.7 Å². The van der Waals surface area contributed by atoms with Crippen LogP contribution in [-0.2, 0) is 0 Å². The van der Waals surface area contributed by atoms with Crippen LogP contribution >= 0.6 is 23.2 Å². The van der Waals surface area contributed by atoms with E-state index >= 15 is 0 Å². The third-order valence-electron chi connectivity index (χ3n) is 3.07. The van der Waals surface area contributed by atoms with E-state index in [1.165, 1.54) is 12.1 Å². The van der Waals surface area contributed by atoms with Crippen LogP contribution < -0.4 is 5.32 Å². The van der Waals surface area contributed by atoms with Crippen LogP contribution in [0.2, 0.25) is 10.3 Å². The molecule has 0 bridgehead atoms. The fourth-order valence-electron chi connectivity index (χ4n) is 1.25. The molecule has 0 aliphatic rings. The smallest absolute Gasteiger partial charge is 0.251 e. The van der Waals surface area contributed by atoms with Crippen LogP contribution in [0.1, 0.15) is 38.1 Å². The summed E-state index contributed by atoms with van der Waals surface area (Å²) < 4.78 is 0. The second kappa shape index (κ2) is 5.89. The van der Waals surface area contributed by atoms with E-state index in [-0.39, 0.29) is 21.6 Å². The van der Waals surface area contributed by atoms with Crippen LogP contribution in [0.3, 0.4) is 0 Å². The molecule has 0 radical (unpaired) electrons. The third-order valence-corrected chi connectivity index (χ3v) is 3.46. The van der Waals surface area contributed by atoms with E-state index in [0.717, 1.165) is 0 Å². The van der Waals surface area contributed by atoms with Crippen molar-refractivity contribution in [1.29, 1.82) is 0 Å². The first-order valence-electron chi connectivity index (χ1n) is 5.81. The number of halogens is 2. The Morgan fingerprint density at radius 2 is 1.83 bits per heavy atom.